The Kier molecular flexibility index (Phi) is 12.6. The quantitative estimate of drug-likeness (QED) is 0.159. The second-order valence-electron chi connectivity index (χ2n) is 19.3. The number of carbonyl (C=O) groups excluding carboxylic acids is 3. The highest BCUT2D eigenvalue weighted by molar-refractivity contribution is 7.90. The molecule has 1 aliphatic carbocycles. The molecule has 4 saturated heterocycles. The predicted octanol–water partition coefficient (Wildman–Crippen LogP) is 4.99. The maximum absolute atomic E-state index is 15.2. The Morgan fingerprint density at radius 2 is 1.54 bits per heavy atom. The third-order valence-corrected chi connectivity index (χ3v) is 16.4. The number of carbonyl (C=O) groups is 3. The first-order chi connectivity index (χ1) is 34.8. The molecule has 3 amide bonds. The van der Waals surface area contributed by atoms with Gasteiger partial charge in [-0.3, -0.25) is 38.7 Å². The molecule has 21 heteroatoms. The van der Waals surface area contributed by atoms with Crippen molar-refractivity contribution in [3.8, 4) is 23.3 Å². The van der Waals surface area contributed by atoms with Gasteiger partial charge >= 0.3 is 10.2 Å². The molecule has 1 aromatic heterocycles. The molecular formula is C51H52F2N10O8S. The van der Waals surface area contributed by atoms with Crippen LogP contribution in [0.15, 0.2) is 83.9 Å². The van der Waals surface area contributed by atoms with Crippen LogP contribution >= 0.6 is 0 Å². The number of aromatic nitrogens is 2. The molecule has 2 atom stereocenters. The predicted molar refractivity (Wildman–Crippen MR) is 262 cm³/mol. The van der Waals surface area contributed by atoms with Gasteiger partial charge in [-0.15, -0.1) is 0 Å². The fraction of sp³-hybridized carbons (Fsp3) is 0.412. The average molecular weight is 1000 g/mol. The lowest BCUT2D eigenvalue weighted by molar-refractivity contribution is -0.136. The lowest BCUT2D eigenvalue weighted by Crippen LogP contribution is -2.56. The van der Waals surface area contributed by atoms with Crippen LogP contribution < -0.4 is 30.1 Å². The van der Waals surface area contributed by atoms with Crippen molar-refractivity contribution >= 4 is 55.9 Å². The van der Waals surface area contributed by atoms with E-state index in [2.05, 4.69) is 35.8 Å². The normalized spacial score (nSPS) is 23.2. The van der Waals surface area contributed by atoms with Gasteiger partial charge in [0, 0.05) is 88.3 Å². The summed E-state index contributed by atoms with van der Waals surface area (Å²) < 4.78 is 71.8. The van der Waals surface area contributed by atoms with Gasteiger partial charge in [0.15, 0.2) is 11.6 Å². The van der Waals surface area contributed by atoms with Crippen molar-refractivity contribution in [2.24, 2.45) is 0 Å². The van der Waals surface area contributed by atoms with E-state index in [1.54, 1.807) is 11.0 Å². The van der Waals surface area contributed by atoms with E-state index in [1.165, 1.54) is 29.1 Å². The maximum Gasteiger partial charge on any atom is 0.301 e. The van der Waals surface area contributed by atoms with Crippen LogP contribution in [-0.4, -0.2) is 133 Å². The van der Waals surface area contributed by atoms with Gasteiger partial charge in [-0.25, -0.2) is 13.8 Å². The van der Waals surface area contributed by atoms with Crippen molar-refractivity contribution in [3.05, 3.63) is 112 Å². The van der Waals surface area contributed by atoms with Crippen molar-refractivity contribution in [3.63, 3.8) is 0 Å². The average Bonchev–Trinajstić information content (AvgIpc) is 3.96. The summed E-state index contributed by atoms with van der Waals surface area (Å²) in [6, 6.07) is 21.7. The molecule has 6 aliphatic rings. The van der Waals surface area contributed by atoms with E-state index in [0.29, 0.717) is 35.8 Å². The first-order valence-electron chi connectivity index (χ1n) is 24.4. The van der Waals surface area contributed by atoms with Gasteiger partial charge in [0.2, 0.25) is 11.8 Å². The molecule has 0 spiro atoms. The van der Waals surface area contributed by atoms with E-state index in [4.69, 9.17) is 9.47 Å². The Balaban J connectivity index is 0.653. The van der Waals surface area contributed by atoms with Gasteiger partial charge in [-0.2, -0.15) is 18.0 Å². The summed E-state index contributed by atoms with van der Waals surface area (Å²) in [5, 5.41) is 12.5. The molecule has 11 rings (SSSR count). The number of nitriles is 1. The molecule has 18 nitrogen and oxygen atoms in total. The number of amides is 3. The van der Waals surface area contributed by atoms with E-state index in [9.17, 15) is 37.2 Å². The van der Waals surface area contributed by atoms with E-state index >= 15 is 4.39 Å². The molecule has 72 heavy (non-hydrogen) atoms. The molecular weight excluding hydrogens is 951 g/mol. The summed E-state index contributed by atoms with van der Waals surface area (Å²) in [4.78, 5) is 64.5. The molecule has 5 aliphatic heterocycles. The summed E-state index contributed by atoms with van der Waals surface area (Å²) in [7, 11) is -4.24. The van der Waals surface area contributed by atoms with Crippen LogP contribution in [0.3, 0.4) is 0 Å². The van der Waals surface area contributed by atoms with Crippen LogP contribution in [0, 0.1) is 17.1 Å². The number of halogens is 2. The van der Waals surface area contributed by atoms with Crippen LogP contribution in [0.25, 0.3) is 16.6 Å². The van der Waals surface area contributed by atoms with E-state index in [0.717, 1.165) is 98.3 Å². The zero-order chi connectivity index (χ0) is 49.8. The number of hydrogen-bond donors (Lipinski definition) is 2. The summed E-state index contributed by atoms with van der Waals surface area (Å²) in [6.45, 7) is 5.26. The van der Waals surface area contributed by atoms with Crippen molar-refractivity contribution in [1.29, 1.82) is 5.26 Å². The van der Waals surface area contributed by atoms with Crippen molar-refractivity contribution < 1.29 is 41.1 Å². The molecule has 374 valence electrons. The van der Waals surface area contributed by atoms with Crippen molar-refractivity contribution in [2.75, 3.05) is 66.9 Å². The number of piperidine rings is 2. The number of nitrogens with one attached hydrogen (secondary N) is 2. The molecule has 1 saturated carbocycles. The molecule has 5 fully saturated rings. The standard InChI is InChI=1S/C51H52F2N10O8S/c52-32-13-18-61(29-32)72(68,69)57-45-10-8-43(53)48(42(45)27-54)71-38-6-9-44-41(26-38)51(67)63(30-55-44)34-3-1-33(2-4-34)59-19-21-60(22-20-59)36-24-39(25-36)70-37-14-16-58(17-15-37)35-5-7-40-31(23-35)28-62(50(40)66)46-11-12-47(64)56-49(46)65/h1-10,23,26,30,32,36-37,39,46,57H,11-22,24-25,28-29H2,(H,56,64,65)/t32-,36-,39-,46?/m1/s1. The highest BCUT2D eigenvalue weighted by Gasteiger charge is 2.41. The fourth-order valence-corrected chi connectivity index (χ4v) is 12.1. The second-order valence-corrected chi connectivity index (χ2v) is 21.0. The SMILES string of the molecule is N#Cc1c(NS(=O)(=O)N2CC[C@@H](F)C2)ccc(F)c1Oc1ccc2ncn(-c3ccc(N4CCN([C@H]5C[C@H](OC6CCN(c7ccc8c(c7)CN(C7CCC(=O)NC7=O)C8=O)CC6)C5)CC4)cc3)c(=O)c2c1. The Hall–Kier alpha value is -6.99. The molecule has 1 unspecified atom stereocenters. The Labute approximate surface area is 413 Å². The lowest BCUT2D eigenvalue weighted by Gasteiger charge is -2.47. The Morgan fingerprint density at radius 3 is 2.26 bits per heavy atom. The van der Waals surface area contributed by atoms with E-state index in [-0.39, 0.29) is 66.8 Å². The first-order valence-corrected chi connectivity index (χ1v) is 25.8. The summed E-state index contributed by atoms with van der Waals surface area (Å²) in [6.07, 6.45) is 5.05. The number of benzene rings is 4. The summed E-state index contributed by atoms with van der Waals surface area (Å²) >= 11 is 0. The highest BCUT2D eigenvalue weighted by atomic mass is 32.2. The van der Waals surface area contributed by atoms with Crippen LogP contribution in [-0.2, 0) is 31.1 Å². The topological polar surface area (TPSA) is 203 Å². The fourth-order valence-electron chi connectivity index (χ4n) is 10.8. The largest absolute Gasteiger partial charge is 0.453 e. The van der Waals surface area contributed by atoms with Gasteiger partial charge in [0.05, 0.1) is 34.5 Å². The minimum Gasteiger partial charge on any atom is -0.453 e. The molecule has 2 N–H and O–H groups in total. The maximum atomic E-state index is 15.2. The zero-order valence-electron chi connectivity index (χ0n) is 39.2. The Morgan fingerprint density at radius 1 is 0.806 bits per heavy atom. The van der Waals surface area contributed by atoms with Crippen LogP contribution in [0.2, 0.25) is 0 Å². The summed E-state index contributed by atoms with van der Waals surface area (Å²) in [5.74, 6) is -2.33. The number of imide groups is 1. The van der Waals surface area contributed by atoms with Crippen molar-refractivity contribution in [2.45, 2.75) is 82.0 Å². The smallest absolute Gasteiger partial charge is 0.301 e. The highest BCUT2D eigenvalue weighted by Crippen LogP contribution is 2.37. The third kappa shape index (κ3) is 9.23. The van der Waals surface area contributed by atoms with E-state index in [1.807, 2.05) is 36.4 Å². The van der Waals surface area contributed by atoms with E-state index < -0.39 is 51.0 Å². The number of piperazine rings is 1. The molecule has 0 bridgehead atoms. The zero-order valence-corrected chi connectivity index (χ0v) is 40.0. The number of rotatable bonds is 12. The molecule has 0 radical (unpaired) electrons. The third-order valence-electron chi connectivity index (χ3n) is 14.9. The minimum atomic E-state index is -4.24. The number of fused-ring (bicyclic) bond motifs is 2. The van der Waals surface area contributed by atoms with Gasteiger partial charge in [-0.05, 0) is 117 Å². The molecule has 5 aromatic rings. The minimum absolute atomic E-state index is 0.0173. The number of nitrogens with zero attached hydrogens (tertiary/aromatic N) is 8. The molecule has 6 heterocycles. The number of ether oxygens (including phenoxy) is 2. The Bertz CT molecular complexity index is 3190. The van der Waals surface area contributed by atoms with Crippen molar-refractivity contribution in [1.82, 2.24) is 29.0 Å². The first kappa shape index (κ1) is 47.3. The van der Waals surface area contributed by atoms with Gasteiger partial charge in [0.1, 0.15) is 35.9 Å². The second kappa shape index (κ2) is 19.2. The van der Waals surface area contributed by atoms with Crippen LogP contribution in [0.5, 0.6) is 11.5 Å². The number of hydrogen-bond acceptors (Lipinski definition) is 13. The lowest BCUT2D eigenvalue weighted by atomic mass is 9.87. The number of anilines is 3. The van der Waals surface area contributed by atoms with Gasteiger partial charge in [0.25, 0.3) is 11.5 Å². The molecule has 4 aromatic carbocycles. The van der Waals surface area contributed by atoms with Gasteiger partial charge < -0.3 is 24.2 Å². The van der Waals surface area contributed by atoms with Crippen LogP contribution in [0.4, 0.5) is 25.8 Å². The number of alkyl halides is 1. The van der Waals surface area contributed by atoms with Crippen LogP contribution in [0.1, 0.15) is 66.4 Å². The summed E-state index contributed by atoms with van der Waals surface area (Å²) in [5.41, 5.74) is 3.50. The van der Waals surface area contributed by atoms with Gasteiger partial charge in [-0.1, -0.05) is 0 Å². The monoisotopic (exact) mass is 1000 g/mol.